The molecule has 0 aliphatic rings. The zero-order valence-electron chi connectivity index (χ0n) is 13.1. The number of nitrogens with zero attached hydrogens (tertiary/aromatic N) is 3. The monoisotopic (exact) mass is 413 g/mol. The Bertz CT molecular complexity index is 1030. The fourth-order valence-electron chi connectivity index (χ4n) is 2.70. The van der Waals surface area contributed by atoms with E-state index < -0.39 is 6.08 Å². The molecule has 0 amide bonds. The topological polar surface area (TPSA) is 38.7 Å². The van der Waals surface area contributed by atoms with Crippen LogP contribution in [0.3, 0.4) is 0 Å². The van der Waals surface area contributed by atoms with Crippen molar-refractivity contribution in [2.45, 2.75) is 12.8 Å². The van der Waals surface area contributed by atoms with Gasteiger partial charge in [-0.3, -0.25) is 0 Å². The van der Waals surface area contributed by atoms with Crippen molar-refractivity contribution in [2.75, 3.05) is 0 Å². The van der Waals surface area contributed by atoms with Gasteiger partial charge in [0.15, 0.2) is 0 Å². The summed E-state index contributed by atoms with van der Waals surface area (Å²) in [4.78, 5) is 12.5. The van der Waals surface area contributed by atoms with E-state index in [9.17, 15) is 4.39 Å². The molecule has 0 atom stereocenters. The third-order valence-electron chi connectivity index (χ3n) is 3.78. The van der Waals surface area contributed by atoms with Crippen molar-refractivity contribution in [1.29, 1.82) is 0 Å². The Morgan fingerprint density at radius 3 is 2.40 bits per heavy atom. The van der Waals surface area contributed by atoms with Gasteiger partial charge in [-0.2, -0.15) is 4.39 Å². The predicted molar refractivity (Wildman–Crippen MR) is 101 cm³/mol. The summed E-state index contributed by atoms with van der Waals surface area (Å²) >= 11 is 5.13. The molecule has 2 aromatic heterocycles. The highest BCUT2D eigenvalue weighted by Crippen LogP contribution is 2.30. The molecule has 4 rings (SSSR count). The van der Waals surface area contributed by atoms with Gasteiger partial charge < -0.3 is 0 Å². The smallest absolute Gasteiger partial charge is 0.241 e. The van der Waals surface area contributed by atoms with Crippen LogP contribution < -0.4 is 0 Å². The lowest BCUT2D eigenvalue weighted by molar-refractivity contribution is 0.527. The minimum Gasteiger partial charge on any atom is -0.241 e. The number of thiazole rings is 1. The second kappa shape index (κ2) is 6.98. The van der Waals surface area contributed by atoms with E-state index in [1.165, 1.54) is 0 Å². The van der Waals surface area contributed by atoms with Crippen molar-refractivity contribution < 1.29 is 4.39 Å². The summed E-state index contributed by atoms with van der Waals surface area (Å²) in [6.07, 6.45) is 0.386. The van der Waals surface area contributed by atoms with Crippen LogP contribution in [-0.4, -0.2) is 15.0 Å². The Kier molecular flexibility index (Phi) is 4.55. The first-order valence-electron chi connectivity index (χ1n) is 7.77. The largest absolute Gasteiger partial charge is 0.309 e. The molecule has 0 N–H and O–H groups in total. The Labute approximate surface area is 156 Å². The van der Waals surface area contributed by atoms with Crippen molar-refractivity contribution in [3.8, 4) is 0 Å². The van der Waals surface area contributed by atoms with E-state index >= 15 is 0 Å². The average Bonchev–Trinajstić information content (AvgIpc) is 2.99. The Morgan fingerprint density at radius 2 is 1.64 bits per heavy atom. The van der Waals surface area contributed by atoms with Gasteiger partial charge in [-0.25, -0.2) is 15.0 Å². The quantitative estimate of drug-likeness (QED) is 0.433. The molecule has 6 heteroatoms. The van der Waals surface area contributed by atoms with Crippen molar-refractivity contribution in [2.24, 2.45) is 0 Å². The van der Waals surface area contributed by atoms with E-state index in [0.717, 1.165) is 25.3 Å². The van der Waals surface area contributed by atoms with Crippen LogP contribution in [0.1, 0.15) is 22.0 Å². The first kappa shape index (κ1) is 16.3. The number of hydrogen-bond donors (Lipinski definition) is 0. The van der Waals surface area contributed by atoms with Crippen molar-refractivity contribution in [3.63, 3.8) is 0 Å². The minimum absolute atomic E-state index is 0.493. The number of benzene rings is 2. The lowest BCUT2D eigenvalue weighted by Crippen LogP contribution is -2.02. The Hall–Kier alpha value is -2.18. The number of aromatic nitrogens is 3. The molecule has 2 aromatic carbocycles. The van der Waals surface area contributed by atoms with Crippen LogP contribution in [0.5, 0.6) is 0 Å². The molecule has 4 aromatic rings. The van der Waals surface area contributed by atoms with Crippen LogP contribution in [0.4, 0.5) is 4.39 Å². The summed E-state index contributed by atoms with van der Waals surface area (Å²) in [5, 5.41) is 0.908. The lowest BCUT2D eigenvalue weighted by Gasteiger charge is -2.04. The highest BCUT2D eigenvalue weighted by Gasteiger charge is 2.11. The highest BCUT2D eigenvalue weighted by atomic mass is 79.9. The molecule has 3 nitrogen and oxygen atoms in total. The van der Waals surface area contributed by atoms with Crippen LogP contribution in [0.25, 0.3) is 10.2 Å². The van der Waals surface area contributed by atoms with E-state index in [1.807, 2.05) is 54.6 Å². The summed E-state index contributed by atoms with van der Waals surface area (Å²) in [5.41, 5.74) is 3.36. The van der Waals surface area contributed by atoms with Gasteiger partial charge in [0, 0.05) is 17.3 Å². The van der Waals surface area contributed by atoms with Gasteiger partial charge in [-0.15, -0.1) is 11.3 Å². The summed E-state index contributed by atoms with van der Waals surface area (Å²) < 4.78 is 16.0. The molecule has 0 saturated carbocycles. The summed E-state index contributed by atoms with van der Waals surface area (Å²) in [5.74, 6) is 0. The Morgan fingerprint density at radius 1 is 0.880 bits per heavy atom. The van der Waals surface area contributed by atoms with Crippen molar-refractivity contribution in [3.05, 3.63) is 87.1 Å². The fraction of sp³-hybridized carbons (Fsp3) is 0.105. The zero-order valence-corrected chi connectivity index (χ0v) is 15.5. The third-order valence-corrected chi connectivity index (χ3v) is 5.80. The number of halogens is 2. The molecule has 0 saturated heterocycles. The summed E-state index contributed by atoms with van der Waals surface area (Å²) in [6, 6.07) is 17.7. The van der Waals surface area contributed by atoms with Gasteiger partial charge in [0.1, 0.15) is 0 Å². The van der Waals surface area contributed by atoms with Gasteiger partial charge in [0.2, 0.25) is 0 Å². The van der Waals surface area contributed by atoms with Crippen LogP contribution in [0.2, 0.25) is 0 Å². The molecule has 2 heterocycles. The van der Waals surface area contributed by atoms with E-state index in [0.29, 0.717) is 24.2 Å². The molecule has 124 valence electrons. The Balaban J connectivity index is 1.62. The molecule has 0 unspecified atom stereocenters. The lowest BCUT2D eigenvalue weighted by atomic mass is 10.1. The second-order valence-electron chi connectivity index (χ2n) is 5.65. The van der Waals surface area contributed by atoms with Crippen LogP contribution in [0.15, 0.2) is 59.1 Å². The minimum atomic E-state index is -0.689. The SMILES string of the molecule is Fc1nc(Cc2ccccc2)cc(Cc2nc3cccc(Br)c3s2)n1. The van der Waals surface area contributed by atoms with Crippen molar-refractivity contribution >= 4 is 37.5 Å². The average molecular weight is 414 g/mol. The second-order valence-corrected chi connectivity index (χ2v) is 7.59. The standard InChI is InChI=1S/C19H13BrFN3S/c20-15-7-4-8-16-18(15)25-17(24-16)11-14-10-13(22-19(21)23-14)9-12-5-2-1-3-6-12/h1-8,10H,9,11H2. The summed E-state index contributed by atoms with van der Waals surface area (Å²) in [6.45, 7) is 0. The van der Waals surface area contributed by atoms with Gasteiger partial charge in [0.25, 0.3) is 0 Å². The number of rotatable bonds is 4. The molecule has 0 radical (unpaired) electrons. The predicted octanol–water partition coefficient (Wildman–Crippen LogP) is 5.17. The van der Waals surface area contributed by atoms with Crippen LogP contribution >= 0.6 is 27.3 Å². The van der Waals surface area contributed by atoms with Crippen LogP contribution in [-0.2, 0) is 12.8 Å². The molecule has 0 spiro atoms. The van der Waals surface area contributed by atoms with E-state index in [4.69, 9.17) is 0 Å². The van der Waals surface area contributed by atoms with Crippen LogP contribution in [0, 0.1) is 6.08 Å². The number of fused-ring (bicyclic) bond motifs is 1. The maximum absolute atomic E-state index is 13.9. The molecule has 0 aliphatic heterocycles. The van der Waals surface area contributed by atoms with Gasteiger partial charge in [-0.05, 0) is 39.7 Å². The molecular weight excluding hydrogens is 401 g/mol. The maximum atomic E-state index is 13.9. The van der Waals surface area contributed by atoms with E-state index in [2.05, 4.69) is 30.9 Å². The molecular formula is C19H13BrFN3S. The normalized spacial score (nSPS) is 11.1. The summed E-state index contributed by atoms with van der Waals surface area (Å²) in [7, 11) is 0. The highest BCUT2D eigenvalue weighted by molar-refractivity contribution is 9.10. The first-order valence-corrected chi connectivity index (χ1v) is 9.38. The van der Waals surface area contributed by atoms with Gasteiger partial charge >= 0.3 is 6.08 Å². The number of hydrogen-bond acceptors (Lipinski definition) is 4. The first-order chi connectivity index (χ1) is 12.2. The molecule has 25 heavy (non-hydrogen) atoms. The maximum Gasteiger partial charge on any atom is 0.309 e. The van der Waals surface area contributed by atoms with Crippen molar-refractivity contribution in [1.82, 2.24) is 15.0 Å². The molecule has 0 aliphatic carbocycles. The van der Waals surface area contributed by atoms with Gasteiger partial charge in [0.05, 0.1) is 26.6 Å². The fourth-order valence-corrected chi connectivity index (χ4v) is 4.28. The van der Waals surface area contributed by atoms with Gasteiger partial charge in [-0.1, -0.05) is 36.4 Å². The zero-order chi connectivity index (χ0) is 17.2. The molecule has 0 bridgehead atoms. The van der Waals surface area contributed by atoms with E-state index in [-0.39, 0.29) is 0 Å². The van der Waals surface area contributed by atoms with E-state index in [1.54, 1.807) is 11.3 Å². The third kappa shape index (κ3) is 3.75. The molecule has 0 fully saturated rings.